The van der Waals surface area contributed by atoms with Gasteiger partial charge in [-0.2, -0.15) is 0 Å². The monoisotopic (exact) mass is 443 g/mol. The number of hydrogen-bond acceptors (Lipinski definition) is 6. The van der Waals surface area contributed by atoms with E-state index >= 15 is 0 Å². The number of amidine groups is 1. The Morgan fingerprint density at radius 3 is 2.58 bits per heavy atom. The molecule has 162 valence electrons. The van der Waals surface area contributed by atoms with Gasteiger partial charge >= 0.3 is 5.97 Å². The second kappa shape index (κ2) is 10.2. The highest BCUT2D eigenvalue weighted by Gasteiger charge is 2.38. The first-order valence-electron chi connectivity index (χ1n) is 9.80. The predicted octanol–water partition coefficient (Wildman–Crippen LogP) is 3.98. The number of thioether (sulfide) groups is 1. The normalized spacial score (nSPS) is 17.1. The van der Waals surface area contributed by atoms with E-state index in [1.165, 1.54) is 28.8 Å². The zero-order valence-corrected chi connectivity index (χ0v) is 17.9. The molecule has 0 radical (unpaired) electrons. The van der Waals surface area contributed by atoms with Crippen LogP contribution >= 0.6 is 11.8 Å². The molecule has 1 aliphatic heterocycles. The van der Waals surface area contributed by atoms with Gasteiger partial charge in [0.15, 0.2) is 5.17 Å². The molecule has 1 saturated heterocycles. The molecule has 1 heterocycles. The molecule has 0 bridgehead atoms. The average Bonchev–Trinajstić information content (AvgIpc) is 3.02. The maximum absolute atomic E-state index is 13.4. The van der Waals surface area contributed by atoms with Gasteiger partial charge in [0.1, 0.15) is 11.1 Å². The molecule has 0 spiro atoms. The van der Waals surface area contributed by atoms with E-state index in [1.807, 2.05) is 6.92 Å². The first-order chi connectivity index (χ1) is 14.9. The van der Waals surface area contributed by atoms with E-state index in [9.17, 15) is 18.8 Å². The summed E-state index contributed by atoms with van der Waals surface area (Å²) in [4.78, 5) is 42.7. The highest BCUT2D eigenvalue weighted by Crippen LogP contribution is 2.31. The number of carbonyl (C=O) groups is 3. The lowest BCUT2D eigenvalue weighted by Crippen LogP contribution is -2.33. The summed E-state index contributed by atoms with van der Waals surface area (Å²) in [5.74, 6) is -1.39. The Morgan fingerprint density at radius 2 is 1.94 bits per heavy atom. The lowest BCUT2D eigenvalue weighted by molar-refractivity contribution is -0.128. The lowest BCUT2D eigenvalue weighted by atomic mass is 10.2. The number of ether oxygens (including phenoxy) is 1. The molecule has 2 amide bonds. The van der Waals surface area contributed by atoms with Crippen LogP contribution in [-0.4, -0.2) is 46.3 Å². The molecule has 31 heavy (non-hydrogen) atoms. The SMILES string of the molecule is CCOC(=O)c1ccc(NC(=O)C[C@@H]2SC(=Nc3cccc(F)c3)N(CC)C2=O)cc1. The summed E-state index contributed by atoms with van der Waals surface area (Å²) in [7, 11) is 0. The van der Waals surface area contributed by atoms with E-state index in [-0.39, 0.29) is 24.8 Å². The molecule has 0 aliphatic carbocycles. The molecular formula is C22H22FN3O4S. The summed E-state index contributed by atoms with van der Waals surface area (Å²) in [5.41, 5.74) is 1.30. The van der Waals surface area contributed by atoms with Crippen molar-refractivity contribution < 1.29 is 23.5 Å². The van der Waals surface area contributed by atoms with E-state index in [4.69, 9.17) is 4.74 Å². The van der Waals surface area contributed by atoms with Gasteiger partial charge in [0.2, 0.25) is 11.8 Å². The van der Waals surface area contributed by atoms with Crippen molar-refractivity contribution in [3.05, 3.63) is 59.9 Å². The van der Waals surface area contributed by atoms with Crippen LogP contribution in [0.2, 0.25) is 0 Å². The van der Waals surface area contributed by atoms with Gasteiger partial charge in [0.05, 0.1) is 17.9 Å². The zero-order valence-electron chi connectivity index (χ0n) is 17.1. The van der Waals surface area contributed by atoms with Crippen molar-refractivity contribution in [3.63, 3.8) is 0 Å². The maximum Gasteiger partial charge on any atom is 0.338 e. The van der Waals surface area contributed by atoms with E-state index in [1.54, 1.807) is 43.3 Å². The smallest absolute Gasteiger partial charge is 0.338 e. The van der Waals surface area contributed by atoms with Crippen LogP contribution in [0.3, 0.4) is 0 Å². The van der Waals surface area contributed by atoms with Crippen LogP contribution in [0.4, 0.5) is 15.8 Å². The Bertz CT molecular complexity index is 1010. The minimum absolute atomic E-state index is 0.0399. The number of benzene rings is 2. The van der Waals surface area contributed by atoms with Gasteiger partial charge in [-0.05, 0) is 56.3 Å². The molecule has 0 saturated carbocycles. The number of nitrogens with zero attached hydrogens (tertiary/aromatic N) is 2. The summed E-state index contributed by atoms with van der Waals surface area (Å²) >= 11 is 1.18. The van der Waals surface area contributed by atoms with Crippen LogP contribution in [0, 0.1) is 5.82 Å². The van der Waals surface area contributed by atoms with Gasteiger partial charge in [0.25, 0.3) is 0 Å². The molecule has 1 atom stereocenters. The molecule has 2 aromatic carbocycles. The minimum Gasteiger partial charge on any atom is -0.462 e. The molecule has 1 fully saturated rings. The van der Waals surface area contributed by atoms with Crippen molar-refractivity contribution in [2.45, 2.75) is 25.5 Å². The van der Waals surface area contributed by atoms with Crippen molar-refractivity contribution in [2.24, 2.45) is 4.99 Å². The Labute approximate surface area is 183 Å². The number of halogens is 1. The van der Waals surface area contributed by atoms with Crippen molar-refractivity contribution in [1.82, 2.24) is 4.90 Å². The molecule has 1 N–H and O–H groups in total. The number of rotatable bonds is 7. The van der Waals surface area contributed by atoms with Crippen molar-refractivity contribution >= 4 is 46.1 Å². The third-order valence-electron chi connectivity index (χ3n) is 4.42. The van der Waals surface area contributed by atoms with Crippen molar-refractivity contribution in [3.8, 4) is 0 Å². The van der Waals surface area contributed by atoms with E-state index in [0.29, 0.717) is 28.7 Å². The molecule has 1 aliphatic rings. The average molecular weight is 444 g/mol. The number of aliphatic imine (C=N–C) groups is 1. The Kier molecular flexibility index (Phi) is 7.41. The van der Waals surface area contributed by atoms with Gasteiger partial charge in [-0.25, -0.2) is 14.2 Å². The Balaban J connectivity index is 1.64. The van der Waals surface area contributed by atoms with Gasteiger partial charge in [-0.15, -0.1) is 0 Å². The number of amides is 2. The first-order valence-corrected chi connectivity index (χ1v) is 10.7. The number of anilines is 1. The Morgan fingerprint density at radius 1 is 1.19 bits per heavy atom. The lowest BCUT2D eigenvalue weighted by Gasteiger charge is -2.13. The maximum atomic E-state index is 13.4. The van der Waals surface area contributed by atoms with Gasteiger partial charge < -0.3 is 10.1 Å². The fraction of sp³-hybridized carbons (Fsp3) is 0.273. The third kappa shape index (κ3) is 5.69. The van der Waals surface area contributed by atoms with Crippen LogP contribution in [-0.2, 0) is 14.3 Å². The number of nitrogens with one attached hydrogen (secondary N) is 1. The molecule has 0 aromatic heterocycles. The van der Waals surface area contributed by atoms with Gasteiger partial charge in [-0.1, -0.05) is 17.8 Å². The second-order valence-electron chi connectivity index (χ2n) is 6.61. The summed E-state index contributed by atoms with van der Waals surface area (Å²) in [6.07, 6.45) is -0.0399. The zero-order chi connectivity index (χ0) is 22.4. The number of hydrogen-bond donors (Lipinski definition) is 1. The summed E-state index contributed by atoms with van der Waals surface area (Å²) < 4.78 is 18.4. The van der Waals surface area contributed by atoms with Crippen molar-refractivity contribution in [2.75, 3.05) is 18.5 Å². The molecule has 9 heteroatoms. The fourth-order valence-corrected chi connectivity index (χ4v) is 4.18. The van der Waals surface area contributed by atoms with Gasteiger partial charge in [-0.3, -0.25) is 14.5 Å². The summed E-state index contributed by atoms with van der Waals surface area (Å²) in [5, 5.41) is 2.55. The first kappa shape index (κ1) is 22.5. The van der Waals surface area contributed by atoms with Crippen LogP contribution in [0.1, 0.15) is 30.6 Å². The standard InChI is InChI=1S/C22H22FN3O4S/c1-3-26-20(28)18(31-22(26)25-17-7-5-6-15(23)12-17)13-19(27)24-16-10-8-14(9-11-16)21(29)30-4-2/h5-12,18H,3-4,13H2,1-2H3,(H,24,27)/t18-/m0/s1. The highest BCUT2D eigenvalue weighted by molar-refractivity contribution is 8.15. The fourth-order valence-electron chi connectivity index (χ4n) is 2.96. The largest absolute Gasteiger partial charge is 0.462 e. The van der Waals surface area contributed by atoms with E-state index < -0.39 is 17.0 Å². The molecular weight excluding hydrogens is 421 g/mol. The van der Waals surface area contributed by atoms with Crippen LogP contribution in [0.5, 0.6) is 0 Å². The number of carbonyl (C=O) groups excluding carboxylic acids is 3. The topological polar surface area (TPSA) is 88.1 Å². The van der Waals surface area contributed by atoms with Crippen molar-refractivity contribution in [1.29, 1.82) is 0 Å². The van der Waals surface area contributed by atoms with Crippen LogP contribution in [0.25, 0.3) is 0 Å². The highest BCUT2D eigenvalue weighted by atomic mass is 32.2. The minimum atomic E-state index is -0.619. The molecule has 0 unspecified atom stereocenters. The summed E-state index contributed by atoms with van der Waals surface area (Å²) in [6.45, 7) is 4.22. The van der Waals surface area contributed by atoms with E-state index in [0.717, 1.165) is 0 Å². The van der Waals surface area contributed by atoms with Crippen LogP contribution in [0.15, 0.2) is 53.5 Å². The number of esters is 1. The van der Waals surface area contributed by atoms with Gasteiger partial charge in [0, 0.05) is 18.7 Å². The third-order valence-corrected chi connectivity index (χ3v) is 5.60. The quantitative estimate of drug-likeness (QED) is 0.654. The van der Waals surface area contributed by atoms with Crippen LogP contribution < -0.4 is 5.32 Å². The molecule has 2 aromatic rings. The summed E-state index contributed by atoms with van der Waals surface area (Å²) in [6, 6.07) is 12.1. The second-order valence-corrected chi connectivity index (χ2v) is 7.78. The Hall–Kier alpha value is -3.20. The van der Waals surface area contributed by atoms with E-state index in [2.05, 4.69) is 10.3 Å². The molecule has 7 nitrogen and oxygen atoms in total. The molecule has 3 rings (SSSR count). The predicted molar refractivity (Wildman–Crippen MR) is 118 cm³/mol.